The van der Waals surface area contributed by atoms with Crippen LogP contribution in [0, 0.1) is 0 Å². The Hall–Kier alpha value is -2.93. The van der Waals surface area contributed by atoms with Crippen molar-refractivity contribution in [2.45, 2.75) is 6.54 Å². The molecular formula is C17H15N3O3S. The van der Waals surface area contributed by atoms with Gasteiger partial charge in [0.25, 0.3) is 11.5 Å². The molecule has 1 aromatic carbocycles. The first-order valence-electron chi connectivity index (χ1n) is 7.20. The Morgan fingerprint density at radius 3 is 2.75 bits per heavy atom. The van der Waals surface area contributed by atoms with Crippen LogP contribution < -0.4 is 15.6 Å². The number of rotatable bonds is 5. The molecule has 7 heteroatoms. The van der Waals surface area contributed by atoms with Gasteiger partial charge in [-0.05, 0) is 29.8 Å². The summed E-state index contributed by atoms with van der Waals surface area (Å²) in [6.07, 6.45) is 3.25. The molecule has 0 atom stereocenters. The number of nitrogens with zero attached hydrogens (tertiary/aromatic N) is 2. The summed E-state index contributed by atoms with van der Waals surface area (Å²) in [6, 6.07) is 10.6. The number of methoxy groups -OCH3 is 1. The number of benzene rings is 1. The van der Waals surface area contributed by atoms with Crippen LogP contribution in [0.1, 0.15) is 15.9 Å². The number of ether oxygens (including phenoxy) is 1. The topological polar surface area (TPSA) is 73.2 Å². The summed E-state index contributed by atoms with van der Waals surface area (Å²) in [5.41, 5.74) is 0.680. The molecule has 24 heavy (non-hydrogen) atoms. The van der Waals surface area contributed by atoms with E-state index in [-0.39, 0.29) is 11.1 Å². The summed E-state index contributed by atoms with van der Waals surface area (Å²) in [4.78, 5) is 28.8. The predicted molar refractivity (Wildman–Crippen MR) is 92.9 cm³/mol. The fourth-order valence-electron chi connectivity index (χ4n) is 2.21. The van der Waals surface area contributed by atoms with E-state index in [0.29, 0.717) is 11.7 Å². The third-order valence-electron chi connectivity index (χ3n) is 3.43. The lowest BCUT2D eigenvalue weighted by atomic mass is 10.2. The Kier molecular flexibility index (Phi) is 4.72. The Balaban J connectivity index is 1.82. The van der Waals surface area contributed by atoms with Gasteiger partial charge in [-0.25, -0.2) is 4.98 Å². The zero-order chi connectivity index (χ0) is 16.9. The van der Waals surface area contributed by atoms with E-state index in [1.807, 2.05) is 24.3 Å². The van der Waals surface area contributed by atoms with Gasteiger partial charge in [0.05, 0.1) is 13.7 Å². The average Bonchev–Trinajstić information content (AvgIpc) is 3.10. The summed E-state index contributed by atoms with van der Waals surface area (Å²) in [5.74, 6) is 0.293. The molecule has 1 amide bonds. The van der Waals surface area contributed by atoms with E-state index in [1.165, 1.54) is 22.0 Å². The molecular weight excluding hydrogens is 326 g/mol. The highest BCUT2D eigenvalue weighted by molar-refractivity contribution is 7.13. The third kappa shape index (κ3) is 3.52. The summed E-state index contributed by atoms with van der Waals surface area (Å²) >= 11 is 1.30. The zero-order valence-electron chi connectivity index (χ0n) is 12.9. The fourth-order valence-corrected chi connectivity index (χ4v) is 2.74. The number of pyridine rings is 1. The highest BCUT2D eigenvalue weighted by Gasteiger charge is 2.13. The van der Waals surface area contributed by atoms with Crippen molar-refractivity contribution >= 4 is 22.4 Å². The molecule has 1 N–H and O–H groups in total. The number of anilines is 1. The average molecular weight is 341 g/mol. The summed E-state index contributed by atoms with van der Waals surface area (Å²) in [7, 11) is 1.60. The maximum Gasteiger partial charge on any atom is 0.263 e. The van der Waals surface area contributed by atoms with Gasteiger partial charge in [-0.15, -0.1) is 11.3 Å². The van der Waals surface area contributed by atoms with Gasteiger partial charge in [0, 0.05) is 17.8 Å². The van der Waals surface area contributed by atoms with E-state index in [0.717, 1.165) is 11.3 Å². The number of aromatic nitrogens is 2. The number of hydrogen-bond donors (Lipinski definition) is 1. The largest absolute Gasteiger partial charge is 0.497 e. The van der Waals surface area contributed by atoms with E-state index < -0.39 is 5.91 Å². The third-order valence-corrected chi connectivity index (χ3v) is 4.12. The first kappa shape index (κ1) is 15.9. The zero-order valence-corrected chi connectivity index (χ0v) is 13.7. The number of hydrogen-bond acceptors (Lipinski definition) is 5. The molecule has 0 saturated heterocycles. The number of nitrogens with one attached hydrogen (secondary N) is 1. The maximum atomic E-state index is 12.5. The molecule has 2 heterocycles. The minimum atomic E-state index is -0.459. The normalized spacial score (nSPS) is 10.4. The Morgan fingerprint density at radius 2 is 2.08 bits per heavy atom. The number of carbonyl (C=O) groups is 1. The first-order chi connectivity index (χ1) is 11.7. The van der Waals surface area contributed by atoms with Gasteiger partial charge in [0.1, 0.15) is 11.3 Å². The molecule has 0 aliphatic heterocycles. The van der Waals surface area contributed by atoms with Crippen LogP contribution in [0.5, 0.6) is 5.75 Å². The number of thiazole rings is 1. The monoisotopic (exact) mass is 341 g/mol. The van der Waals surface area contributed by atoms with Crippen LogP contribution in [0.3, 0.4) is 0 Å². The van der Waals surface area contributed by atoms with Crippen LogP contribution in [-0.4, -0.2) is 22.6 Å². The van der Waals surface area contributed by atoms with Crippen LogP contribution in [0.15, 0.2) is 59.0 Å². The Labute approximate surface area is 142 Å². The molecule has 0 spiro atoms. The van der Waals surface area contributed by atoms with Crippen molar-refractivity contribution in [2.24, 2.45) is 0 Å². The standard InChI is InChI=1S/C17H15N3O3S/c1-23-13-6-4-12(5-7-13)11-20-9-2-3-14(16(20)22)15(21)19-17-18-8-10-24-17/h2-10H,11H2,1H3,(H,18,19,21). The van der Waals surface area contributed by atoms with Gasteiger partial charge < -0.3 is 9.30 Å². The molecule has 0 saturated carbocycles. The van der Waals surface area contributed by atoms with E-state index in [9.17, 15) is 9.59 Å². The van der Waals surface area contributed by atoms with Crippen molar-refractivity contribution in [3.63, 3.8) is 0 Å². The molecule has 2 aromatic heterocycles. The summed E-state index contributed by atoms with van der Waals surface area (Å²) in [5, 5.41) is 4.84. The molecule has 0 unspecified atom stereocenters. The quantitative estimate of drug-likeness (QED) is 0.774. The molecule has 0 fully saturated rings. The Morgan fingerprint density at radius 1 is 1.29 bits per heavy atom. The molecule has 0 aliphatic carbocycles. The predicted octanol–water partition coefficient (Wildman–Crippen LogP) is 2.61. The van der Waals surface area contributed by atoms with Crippen molar-refractivity contribution in [2.75, 3.05) is 12.4 Å². The van der Waals surface area contributed by atoms with Crippen molar-refractivity contribution in [1.82, 2.24) is 9.55 Å². The van der Waals surface area contributed by atoms with Crippen LogP contribution in [-0.2, 0) is 6.54 Å². The first-order valence-corrected chi connectivity index (χ1v) is 8.08. The van der Waals surface area contributed by atoms with Crippen molar-refractivity contribution < 1.29 is 9.53 Å². The van der Waals surface area contributed by atoms with Gasteiger partial charge in [-0.1, -0.05) is 12.1 Å². The minimum Gasteiger partial charge on any atom is -0.497 e. The van der Waals surface area contributed by atoms with E-state index in [1.54, 1.807) is 30.9 Å². The molecule has 3 aromatic rings. The molecule has 122 valence electrons. The van der Waals surface area contributed by atoms with Gasteiger partial charge in [-0.2, -0.15) is 0 Å². The van der Waals surface area contributed by atoms with E-state index >= 15 is 0 Å². The van der Waals surface area contributed by atoms with Crippen LogP contribution in [0.2, 0.25) is 0 Å². The number of amides is 1. The van der Waals surface area contributed by atoms with Gasteiger partial charge in [0.2, 0.25) is 0 Å². The highest BCUT2D eigenvalue weighted by atomic mass is 32.1. The van der Waals surface area contributed by atoms with Crippen LogP contribution in [0.25, 0.3) is 0 Å². The molecule has 0 aliphatic rings. The van der Waals surface area contributed by atoms with Crippen LogP contribution >= 0.6 is 11.3 Å². The van der Waals surface area contributed by atoms with Crippen molar-refractivity contribution in [3.8, 4) is 5.75 Å². The lowest BCUT2D eigenvalue weighted by molar-refractivity contribution is 0.102. The van der Waals surface area contributed by atoms with E-state index in [2.05, 4.69) is 10.3 Å². The SMILES string of the molecule is COc1ccc(Cn2cccc(C(=O)Nc3nccs3)c2=O)cc1. The molecule has 6 nitrogen and oxygen atoms in total. The lowest BCUT2D eigenvalue weighted by Gasteiger charge is -2.09. The second kappa shape index (κ2) is 7.10. The van der Waals surface area contributed by atoms with E-state index in [4.69, 9.17) is 4.74 Å². The molecule has 3 rings (SSSR count). The fraction of sp³-hybridized carbons (Fsp3) is 0.118. The second-order valence-electron chi connectivity index (χ2n) is 4.99. The Bertz CT molecular complexity index is 886. The van der Waals surface area contributed by atoms with Gasteiger partial charge in [-0.3, -0.25) is 14.9 Å². The lowest BCUT2D eigenvalue weighted by Crippen LogP contribution is -2.28. The van der Waals surface area contributed by atoms with Gasteiger partial charge in [0.15, 0.2) is 5.13 Å². The number of carbonyl (C=O) groups excluding carboxylic acids is 1. The van der Waals surface area contributed by atoms with Crippen LogP contribution in [0.4, 0.5) is 5.13 Å². The second-order valence-corrected chi connectivity index (χ2v) is 5.89. The van der Waals surface area contributed by atoms with Crippen molar-refractivity contribution in [3.05, 3.63) is 75.7 Å². The summed E-state index contributed by atoms with van der Waals surface area (Å²) < 4.78 is 6.62. The summed E-state index contributed by atoms with van der Waals surface area (Å²) in [6.45, 7) is 0.376. The molecule has 0 radical (unpaired) electrons. The molecule has 0 bridgehead atoms. The van der Waals surface area contributed by atoms with Crippen molar-refractivity contribution in [1.29, 1.82) is 0 Å². The van der Waals surface area contributed by atoms with Gasteiger partial charge >= 0.3 is 0 Å². The minimum absolute atomic E-state index is 0.0845. The smallest absolute Gasteiger partial charge is 0.263 e. The maximum absolute atomic E-state index is 12.5. The highest BCUT2D eigenvalue weighted by Crippen LogP contribution is 2.13.